The van der Waals surface area contributed by atoms with Gasteiger partial charge in [0.15, 0.2) is 5.75 Å². The minimum absolute atomic E-state index is 0.123. The summed E-state index contributed by atoms with van der Waals surface area (Å²) in [6, 6.07) is 19.8. The summed E-state index contributed by atoms with van der Waals surface area (Å²) in [6.45, 7) is 0. The van der Waals surface area contributed by atoms with Crippen LogP contribution >= 0.6 is 0 Å². The maximum atomic E-state index is 11.9. The number of hydrogen-bond acceptors (Lipinski definition) is 10. The van der Waals surface area contributed by atoms with E-state index in [2.05, 4.69) is 10.2 Å². The zero-order valence-electron chi connectivity index (χ0n) is 21.5. The number of benzene rings is 5. The number of aromatic hydroxyl groups is 1. The number of nitrogens with zero attached hydrogens (tertiary/aromatic N) is 2. The minimum Gasteiger partial charge on any atom is -0.505 e. The van der Waals surface area contributed by atoms with Crippen molar-refractivity contribution in [1.82, 2.24) is 0 Å². The van der Waals surface area contributed by atoms with Crippen LogP contribution in [0.25, 0.3) is 21.5 Å². The number of hydrogen-bond donors (Lipinski definition) is 7. The molecule has 0 spiro atoms. The highest BCUT2D eigenvalue weighted by Crippen LogP contribution is 2.42. The average molecular weight is 590 g/mol. The highest BCUT2D eigenvalue weighted by molar-refractivity contribution is 7.86. The highest BCUT2D eigenvalue weighted by atomic mass is 32.2. The number of phenolic OH excluding ortho intramolecular Hbond substituents is 1. The number of carboxylic acids is 2. The Bertz CT molecular complexity index is 2000. The lowest BCUT2D eigenvalue weighted by molar-refractivity contribution is 0.0696. The molecule has 5 aromatic carbocycles. The van der Waals surface area contributed by atoms with E-state index in [0.717, 1.165) is 11.5 Å². The molecule has 5 aromatic rings. The van der Waals surface area contributed by atoms with Crippen molar-refractivity contribution in [1.29, 1.82) is 0 Å². The Morgan fingerprint density at radius 3 is 1.90 bits per heavy atom. The quantitative estimate of drug-likeness (QED) is 0.0797. The van der Waals surface area contributed by atoms with Gasteiger partial charge in [0.25, 0.3) is 10.1 Å². The molecule has 0 aromatic heterocycles. The fraction of sp³-hybridized carbons (Fsp3) is 0. The van der Waals surface area contributed by atoms with Crippen molar-refractivity contribution in [2.75, 3.05) is 17.2 Å². The molecule has 0 saturated heterocycles. The van der Waals surface area contributed by atoms with Crippen molar-refractivity contribution < 1.29 is 37.9 Å². The fourth-order valence-electron chi connectivity index (χ4n) is 4.05. The Hall–Kier alpha value is -5.73. The Kier molecular flexibility index (Phi) is 7.94. The van der Waals surface area contributed by atoms with Gasteiger partial charge in [-0.25, -0.2) is 9.59 Å². The zero-order chi connectivity index (χ0) is 30.8. The second kappa shape index (κ2) is 11.4. The van der Waals surface area contributed by atoms with E-state index in [1.165, 1.54) is 30.3 Å². The molecule has 0 aliphatic carbocycles. The third-order valence-corrected chi connectivity index (χ3v) is 6.86. The van der Waals surface area contributed by atoms with Gasteiger partial charge in [-0.15, -0.1) is 10.2 Å². The third-order valence-electron chi connectivity index (χ3n) is 6.00. The predicted octanol–water partition coefficient (Wildman–Crippen LogP) is 5.19. The molecule has 0 bridgehead atoms. The number of carboxylic acid groups (broad SMARTS) is 2. The van der Waals surface area contributed by atoms with Crippen LogP contribution in [0.4, 0.5) is 28.4 Å². The summed E-state index contributed by atoms with van der Waals surface area (Å²) in [5.41, 5.74) is 17.9. The van der Waals surface area contributed by atoms with Crippen molar-refractivity contribution in [3.05, 3.63) is 90.0 Å². The third kappa shape index (κ3) is 6.19. The van der Waals surface area contributed by atoms with Crippen LogP contribution in [0.3, 0.4) is 0 Å². The summed E-state index contributed by atoms with van der Waals surface area (Å²) >= 11 is 0. The monoisotopic (exact) mass is 589 g/mol. The topological polar surface area (TPSA) is 252 Å². The van der Waals surface area contributed by atoms with E-state index in [1.807, 2.05) is 12.1 Å². The maximum absolute atomic E-state index is 11.9. The average Bonchev–Trinajstić information content (AvgIpc) is 2.93. The van der Waals surface area contributed by atoms with Gasteiger partial charge in [0.1, 0.15) is 10.6 Å². The number of anilines is 3. The molecule has 0 radical (unpaired) electrons. The predicted molar refractivity (Wildman–Crippen MR) is 157 cm³/mol. The number of phenols is 1. The second-order valence-corrected chi connectivity index (χ2v) is 10.3. The van der Waals surface area contributed by atoms with Crippen LogP contribution in [0.2, 0.25) is 0 Å². The molecule has 0 saturated carbocycles. The smallest absolute Gasteiger partial charge is 0.335 e. The van der Waals surface area contributed by atoms with Crippen LogP contribution in [-0.4, -0.2) is 40.2 Å². The van der Waals surface area contributed by atoms with Gasteiger partial charge in [0.05, 0.1) is 16.8 Å². The molecule has 0 aliphatic heterocycles. The first-order valence-corrected chi connectivity index (χ1v) is 13.3. The largest absolute Gasteiger partial charge is 0.505 e. The van der Waals surface area contributed by atoms with Gasteiger partial charge in [-0.05, 0) is 53.9 Å². The van der Waals surface area contributed by atoms with Gasteiger partial charge in [-0.2, -0.15) is 8.42 Å². The standard InChI is InChI=1S/C20H16N4O4S.C8H7NO4/c21-12-6-5-11-9-18(29(26,27)28)19(20(25)15(11)10-12)24-23-17-8-7-16(22)13-3-1-2-4-14(13)17;9-6-2-4(7(10)11)1-5(3-6)8(12)13/h1-10,25H,21-22H2,(H,26,27,28);1-3H,9H2,(H,10,11)(H,12,13). The number of nitrogen functional groups attached to an aromatic ring is 3. The van der Waals surface area contributed by atoms with Crippen LogP contribution < -0.4 is 17.2 Å². The Balaban J connectivity index is 0.000000262. The normalized spacial score (nSPS) is 11.4. The molecule has 0 fully saturated rings. The second-order valence-electron chi connectivity index (χ2n) is 8.90. The molecule has 0 unspecified atom stereocenters. The zero-order valence-corrected chi connectivity index (χ0v) is 22.3. The molecule has 0 aliphatic rings. The minimum atomic E-state index is -4.68. The van der Waals surface area contributed by atoms with Crippen LogP contribution in [0.1, 0.15) is 20.7 Å². The van der Waals surface area contributed by atoms with Crippen molar-refractivity contribution in [2.45, 2.75) is 4.90 Å². The number of carbonyl (C=O) groups is 2. The van der Waals surface area contributed by atoms with Crippen LogP contribution in [0, 0.1) is 0 Å². The summed E-state index contributed by atoms with van der Waals surface area (Å²) in [6.07, 6.45) is 0. The molecular weight excluding hydrogens is 566 g/mol. The van der Waals surface area contributed by atoms with Gasteiger partial charge >= 0.3 is 11.9 Å². The number of azo groups is 1. The van der Waals surface area contributed by atoms with E-state index < -0.39 is 32.7 Å². The van der Waals surface area contributed by atoms with Crippen LogP contribution in [-0.2, 0) is 10.1 Å². The van der Waals surface area contributed by atoms with E-state index in [-0.39, 0.29) is 27.9 Å². The van der Waals surface area contributed by atoms with E-state index in [1.54, 1.807) is 30.3 Å². The fourth-order valence-corrected chi connectivity index (χ4v) is 4.71. The molecule has 0 heterocycles. The van der Waals surface area contributed by atoms with E-state index in [4.69, 9.17) is 27.4 Å². The molecule has 13 nitrogen and oxygen atoms in total. The summed E-state index contributed by atoms with van der Waals surface area (Å²) < 4.78 is 33.4. The molecule has 214 valence electrons. The van der Waals surface area contributed by atoms with Crippen molar-refractivity contribution in [2.24, 2.45) is 10.2 Å². The summed E-state index contributed by atoms with van der Waals surface area (Å²) in [5, 5.41) is 38.0. The van der Waals surface area contributed by atoms with Crippen molar-refractivity contribution in [3.8, 4) is 5.75 Å². The molecule has 0 amide bonds. The number of aromatic carboxylic acids is 2. The lowest BCUT2D eigenvalue weighted by Gasteiger charge is -2.09. The number of fused-ring (bicyclic) bond motifs is 2. The molecule has 5 rings (SSSR count). The molecule has 14 heteroatoms. The van der Waals surface area contributed by atoms with Gasteiger partial charge in [0, 0.05) is 33.2 Å². The first kappa shape index (κ1) is 29.3. The first-order valence-electron chi connectivity index (χ1n) is 11.8. The summed E-state index contributed by atoms with van der Waals surface area (Å²) in [4.78, 5) is 20.4. The maximum Gasteiger partial charge on any atom is 0.335 e. The van der Waals surface area contributed by atoms with Gasteiger partial charge in [-0.1, -0.05) is 30.3 Å². The van der Waals surface area contributed by atoms with E-state index >= 15 is 0 Å². The van der Waals surface area contributed by atoms with Crippen molar-refractivity contribution in [3.63, 3.8) is 0 Å². The molecular formula is C28H23N5O8S. The lowest BCUT2D eigenvalue weighted by Crippen LogP contribution is -2.03. The Morgan fingerprint density at radius 2 is 1.31 bits per heavy atom. The first-order chi connectivity index (χ1) is 19.8. The number of nitrogens with two attached hydrogens (primary N) is 3. The van der Waals surface area contributed by atoms with Gasteiger partial charge in [-0.3, -0.25) is 4.55 Å². The van der Waals surface area contributed by atoms with E-state index in [9.17, 15) is 27.7 Å². The van der Waals surface area contributed by atoms with Gasteiger partial charge < -0.3 is 32.5 Å². The Morgan fingerprint density at radius 1 is 0.690 bits per heavy atom. The van der Waals surface area contributed by atoms with Crippen LogP contribution in [0.15, 0.2) is 94.0 Å². The molecule has 0 atom stereocenters. The molecule has 10 N–H and O–H groups in total. The Labute approximate surface area is 237 Å². The summed E-state index contributed by atoms with van der Waals surface area (Å²) in [7, 11) is -4.68. The number of rotatable bonds is 5. The van der Waals surface area contributed by atoms with Crippen molar-refractivity contribution >= 4 is 72.0 Å². The SMILES string of the molecule is Nc1cc(C(=O)O)cc(C(=O)O)c1.Nc1ccc2cc(S(=O)(=O)O)c(N=Nc3ccc(N)c4ccccc34)c(O)c2c1. The van der Waals surface area contributed by atoms with E-state index in [0.29, 0.717) is 27.8 Å². The molecule has 42 heavy (non-hydrogen) atoms. The lowest BCUT2D eigenvalue weighted by atomic mass is 10.1. The van der Waals surface area contributed by atoms with Crippen LogP contribution in [0.5, 0.6) is 5.75 Å². The highest BCUT2D eigenvalue weighted by Gasteiger charge is 2.22. The van der Waals surface area contributed by atoms with Gasteiger partial charge in [0.2, 0.25) is 0 Å². The summed E-state index contributed by atoms with van der Waals surface area (Å²) in [5.74, 6) is -2.85.